The molecule has 1 aliphatic carbocycles. The number of carbonyl (C=O) groups excluding carboxylic acids is 3. The molecule has 1 aliphatic rings. The second-order valence-electron chi connectivity index (χ2n) is 8.98. The van der Waals surface area contributed by atoms with Gasteiger partial charge in [0, 0.05) is 0 Å². The fraction of sp³-hybridized carbons (Fsp3) is 0.609. The van der Waals surface area contributed by atoms with Crippen molar-refractivity contribution in [1.29, 1.82) is 0 Å². The number of hydrogen-bond acceptors (Lipinski definition) is 5. The van der Waals surface area contributed by atoms with E-state index in [1.54, 1.807) is 20.8 Å². The first-order valence-corrected chi connectivity index (χ1v) is 10.6. The van der Waals surface area contributed by atoms with Crippen LogP contribution in [0, 0.1) is 11.8 Å². The van der Waals surface area contributed by atoms with E-state index in [4.69, 9.17) is 9.47 Å². The van der Waals surface area contributed by atoms with E-state index in [0.29, 0.717) is 5.92 Å². The first-order chi connectivity index (χ1) is 14.1. The lowest BCUT2D eigenvalue weighted by molar-refractivity contribution is -0.151. The molecule has 30 heavy (non-hydrogen) atoms. The highest BCUT2D eigenvalue weighted by atomic mass is 16.6. The van der Waals surface area contributed by atoms with Crippen LogP contribution < -0.4 is 10.6 Å². The van der Waals surface area contributed by atoms with Crippen LogP contribution in [-0.4, -0.2) is 36.7 Å². The van der Waals surface area contributed by atoms with Crippen molar-refractivity contribution < 1.29 is 23.9 Å². The molecule has 7 nitrogen and oxygen atoms in total. The molecule has 1 fully saturated rings. The predicted octanol–water partition coefficient (Wildman–Crippen LogP) is 3.74. The van der Waals surface area contributed by atoms with Gasteiger partial charge >= 0.3 is 12.1 Å². The number of ether oxygens (including phenoxy) is 2. The third-order valence-corrected chi connectivity index (χ3v) is 4.99. The van der Waals surface area contributed by atoms with Gasteiger partial charge in [-0.25, -0.2) is 4.79 Å². The zero-order chi connectivity index (χ0) is 22.1. The van der Waals surface area contributed by atoms with E-state index in [0.717, 1.165) is 31.2 Å². The summed E-state index contributed by atoms with van der Waals surface area (Å²) in [5, 5.41) is 5.27. The molecule has 1 saturated carbocycles. The summed E-state index contributed by atoms with van der Waals surface area (Å²) in [4.78, 5) is 36.6. The highest BCUT2D eigenvalue weighted by Crippen LogP contribution is 2.29. The maximum Gasteiger partial charge on any atom is 0.408 e. The molecule has 0 saturated heterocycles. The summed E-state index contributed by atoms with van der Waals surface area (Å²) in [6.07, 6.45) is 3.23. The Labute approximate surface area is 178 Å². The second kappa shape index (κ2) is 11.0. The van der Waals surface area contributed by atoms with E-state index < -0.39 is 23.6 Å². The number of amides is 2. The molecule has 166 valence electrons. The smallest absolute Gasteiger partial charge is 0.408 e. The predicted molar refractivity (Wildman–Crippen MR) is 114 cm³/mol. The van der Waals surface area contributed by atoms with Crippen molar-refractivity contribution in [3.63, 3.8) is 0 Å². The minimum atomic E-state index is -0.660. The Balaban J connectivity index is 1.91. The zero-order valence-corrected chi connectivity index (χ0v) is 18.4. The van der Waals surface area contributed by atoms with Crippen LogP contribution in [0.15, 0.2) is 30.3 Å². The average molecular weight is 419 g/mol. The standard InChI is InChI=1S/C23H34N2O5/c1-16-9-8-12-18(13-16)21(27)29-15-19(17-10-6-5-7-11-17)25-20(26)14-24-22(28)30-23(2,3)4/h5-7,10-11,16,18-19H,8-9,12-15H2,1-4H3,(H,24,28)(H,25,26). The number of nitrogens with one attached hydrogen (secondary N) is 2. The molecule has 1 aromatic carbocycles. The number of alkyl carbamates (subject to hydrolysis) is 1. The fourth-order valence-corrected chi connectivity index (χ4v) is 3.55. The van der Waals surface area contributed by atoms with Gasteiger partial charge in [0.15, 0.2) is 0 Å². The third-order valence-electron chi connectivity index (χ3n) is 4.99. The van der Waals surface area contributed by atoms with Gasteiger partial charge in [-0.05, 0) is 45.1 Å². The van der Waals surface area contributed by atoms with Gasteiger partial charge in [-0.2, -0.15) is 0 Å². The van der Waals surface area contributed by atoms with Gasteiger partial charge in [0.2, 0.25) is 5.91 Å². The third kappa shape index (κ3) is 8.43. The summed E-state index contributed by atoms with van der Waals surface area (Å²) in [5.74, 6) is -0.143. The van der Waals surface area contributed by atoms with Gasteiger partial charge in [0.25, 0.3) is 0 Å². The van der Waals surface area contributed by atoms with Crippen LogP contribution in [0.2, 0.25) is 0 Å². The summed E-state index contributed by atoms with van der Waals surface area (Å²) in [6, 6.07) is 8.83. The van der Waals surface area contributed by atoms with Crippen LogP contribution in [0.1, 0.15) is 65.0 Å². The lowest BCUT2D eigenvalue weighted by atomic mass is 9.82. The molecule has 0 spiro atoms. The van der Waals surface area contributed by atoms with E-state index in [1.807, 2.05) is 30.3 Å². The van der Waals surface area contributed by atoms with Crippen molar-refractivity contribution >= 4 is 18.0 Å². The molecule has 0 bridgehead atoms. The Hall–Kier alpha value is -2.57. The van der Waals surface area contributed by atoms with Gasteiger partial charge < -0.3 is 20.1 Å². The molecule has 0 heterocycles. The fourth-order valence-electron chi connectivity index (χ4n) is 3.55. The minimum Gasteiger partial charge on any atom is -0.463 e. The van der Waals surface area contributed by atoms with Gasteiger partial charge in [-0.1, -0.05) is 50.1 Å². The summed E-state index contributed by atoms with van der Waals surface area (Å²) in [6.45, 7) is 7.22. The molecule has 0 aliphatic heterocycles. The Morgan fingerprint density at radius 2 is 1.83 bits per heavy atom. The molecule has 0 aromatic heterocycles. The first kappa shape index (κ1) is 23.7. The Morgan fingerprint density at radius 3 is 2.47 bits per heavy atom. The molecule has 2 rings (SSSR count). The topological polar surface area (TPSA) is 93.7 Å². The number of hydrogen-bond donors (Lipinski definition) is 2. The van der Waals surface area contributed by atoms with Crippen LogP contribution in [0.4, 0.5) is 4.79 Å². The van der Waals surface area contributed by atoms with E-state index in [2.05, 4.69) is 17.6 Å². The number of benzene rings is 1. The summed E-state index contributed by atoms with van der Waals surface area (Å²) < 4.78 is 10.7. The molecule has 1 aromatic rings. The van der Waals surface area contributed by atoms with Crippen molar-refractivity contribution in [3.8, 4) is 0 Å². The molecular weight excluding hydrogens is 384 g/mol. The van der Waals surface area contributed by atoms with Crippen LogP contribution in [0.3, 0.4) is 0 Å². The molecule has 2 amide bonds. The summed E-state index contributed by atoms with van der Waals surface area (Å²) in [7, 11) is 0. The first-order valence-electron chi connectivity index (χ1n) is 10.6. The number of carbonyl (C=O) groups is 3. The molecule has 0 radical (unpaired) electrons. The van der Waals surface area contributed by atoms with Crippen molar-refractivity contribution in [1.82, 2.24) is 10.6 Å². The van der Waals surface area contributed by atoms with Crippen molar-refractivity contribution in [2.45, 2.75) is 65.0 Å². The van der Waals surface area contributed by atoms with Crippen molar-refractivity contribution in [2.75, 3.05) is 13.2 Å². The van der Waals surface area contributed by atoms with Crippen LogP contribution in [0.5, 0.6) is 0 Å². The summed E-state index contributed by atoms with van der Waals surface area (Å²) >= 11 is 0. The van der Waals surface area contributed by atoms with Gasteiger partial charge in [0.1, 0.15) is 18.8 Å². The largest absolute Gasteiger partial charge is 0.463 e. The quantitative estimate of drug-likeness (QED) is 0.658. The molecule has 7 heteroatoms. The Kier molecular flexibility index (Phi) is 8.69. The lowest BCUT2D eigenvalue weighted by Crippen LogP contribution is -2.42. The van der Waals surface area contributed by atoms with E-state index in [1.165, 1.54) is 0 Å². The van der Waals surface area contributed by atoms with Gasteiger partial charge in [-0.3, -0.25) is 9.59 Å². The van der Waals surface area contributed by atoms with Crippen LogP contribution in [-0.2, 0) is 19.1 Å². The van der Waals surface area contributed by atoms with Gasteiger partial charge in [-0.15, -0.1) is 0 Å². The maximum atomic E-state index is 12.5. The Bertz CT molecular complexity index is 714. The van der Waals surface area contributed by atoms with Crippen LogP contribution >= 0.6 is 0 Å². The van der Waals surface area contributed by atoms with E-state index in [9.17, 15) is 14.4 Å². The van der Waals surface area contributed by atoms with Gasteiger partial charge in [0.05, 0.1) is 12.0 Å². The molecular formula is C23H34N2O5. The van der Waals surface area contributed by atoms with Crippen molar-refractivity contribution in [2.24, 2.45) is 11.8 Å². The average Bonchev–Trinajstić information content (AvgIpc) is 2.68. The minimum absolute atomic E-state index is 0.0475. The SMILES string of the molecule is CC1CCCC(C(=O)OCC(NC(=O)CNC(=O)OC(C)(C)C)c2ccccc2)C1. The monoisotopic (exact) mass is 418 g/mol. The van der Waals surface area contributed by atoms with E-state index >= 15 is 0 Å². The molecule has 2 N–H and O–H groups in total. The highest BCUT2D eigenvalue weighted by Gasteiger charge is 2.27. The molecule has 3 atom stereocenters. The maximum absolute atomic E-state index is 12.5. The number of esters is 1. The Morgan fingerprint density at radius 1 is 1.13 bits per heavy atom. The lowest BCUT2D eigenvalue weighted by Gasteiger charge is -2.26. The summed E-state index contributed by atoms with van der Waals surface area (Å²) in [5.41, 5.74) is 0.186. The molecule has 3 unspecified atom stereocenters. The second-order valence-corrected chi connectivity index (χ2v) is 8.98. The van der Waals surface area contributed by atoms with Crippen molar-refractivity contribution in [3.05, 3.63) is 35.9 Å². The highest BCUT2D eigenvalue weighted by molar-refractivity contribution is 5.82. The number of rotatable bonds is 7. The zero-order valence-electron chi connectivity index (χ0n) is 18.4. The van der Waals surface area contributed by atoms with Crippen LogP contribution in [0.25, 0.3) is 0 Å². The van der Waals surface area contributed by atoms with E-state index in [-0.39, 0.29) is 25.0 Å². The normalized spacial score (nSPS) is 20.0.